The first kappa shape index (κ1) is 19.0. The van der Waals surface area contributed by atoms with Gasteiger partial charge in [-0.1, -0.05) is 29.4 Å². The zero-order valence-electron chi connectivity index (χ0n) is 14.9. The van der Waals surface area contributed by atoms with Gasteiger partial charge < -0.3 is 14.4 Å². The smallest absolute Gasteiger partial charge is 0.228 e. The van der Waals surface area contributed by atoms with Crippen LogP contribution in [0.15, 0.2) is 23.4 Å². The zero-order chi connectivity index (χ0) is 18.6. The molecule has 2 saturated heterocycles. The van der Waals surface area contributed by atoms with Gasteiger partial charge in [0.2, 0.25) is 5.95 Å². The minimum Gasteiger partial charge on any atom is -0.378 e. The SMILES string of the molecule is Fc1ccc(CSc2nnc(N3CCOCC3)n2C[C@H]2CCCO2)c(Cl)c1. The summed E-state index contributed by atoms with van der Waals surface area (Å²) in [5.74, 6) is 1.14. The molecule has 0 N–H and O–H groups in total. The van der Waals surface area contributed by atoms with Crippen LogP contribution < -0.4 is 4.90 Å². The summed E-state index contributed by atoms with van der Waals surface area (Å²) in [7, 11) is 0. The van der Waals surface area contributed by atoms with Crippen LogP contribution in [0.1, 0.15) is 18.4 Å². The van der Waals surface area contributed by atoms with E-state index in [0.717, 1.165) is 55.8 Å². The van der Waals surface area contributed by atoms with Crippen LogP contribution >= 0.6 is 23.4 Å². The number of morpholine rings is 1. The molecule has 146 valence electrons. The normalized spacial score (nSPS) is 20.4. The first-order valence-corrected chi connectivity index (χ1v) is 10.5. The molecule has 2 aliphatic rings. The van der Waals surface area contributed by atoms with Gasteiger partial charge in [-0.15, -0.1) is 10.2 Å². The fourth-order valence-electron chi connectivity index (χ4n) is 3.32. The second-order valence-electron chi connectivity index (χ2n) is 6.65. The fourth-order valence-corrected chi connectivity index (χ4v) is 4.58. The van der Waals surface area contributed by atoms with Crippen LogP contribution in [0.4, 0.5) is 10.3 Å². The van der Waals surface area contributed by atoms with Gasteiger partial charge in [0.1, 0.15) is 5.82 Å². The second-order valence-corrected chi connectivity index (χ2v) is 8.00. The summed E-state index contributed by atoms with van der Waals surface area (Å²) in [4.78, 5) is 2.21. The number of ether oxygens (including phenoxy) is 2. The van der Waals surface area contributed by atoms with Gasteiger partial charge in [-0.25, -0.2) is 4.39 Å². The monoisotopic (exact) mass is 412 g/mol. The molecule has 6 nitrogen and oxygen atoms in total. The third kappa shape index (κ3) is 4.56. The molecular weight excluding hydrogens is 391 g/mol. The summed E-state index contributed by atoms with van der Waals surface area (Å²) in [6.07, 6.45) is 2.33. The predicted octanol–water partition coefficient (Wildman–Crippen LogP) is 3.38. The average molecular weight is 413 g/mol. The van der Waals surface area contributed by atoms with Crippen molar-refractivity contribution in [2.45, 2.75) is 36.4 Å². The number of aromatic nitrogens is 3. The van der Waals surface area contributed by atoms with Crippen molar-refractivity contribution in [1.29, 1.82) is 0 Å². The van der Waals surface area contributed by atoms with Crippen molar-refractivity contribution in [3.63, 3.8) is 0 Å². The Morgan fingerprint density at radius 2 is 2.07 bits per heavy atom. The maximum atomic E-state index is 13.3. The molecule has 4 rings (SSSR count). The molecule has 1 aromatic heterocycles. The Hall–Kier alpha value is -1.35. The third-order valence-corrected chi connectivity index (χ3v) is 6.14. The summed E-state index contributed by atoms with van der Waals surface area (Å²) in [5.41, 5.74) is 0.877. The minimum absolute atomic E-state index is 0.189. The Morgan fingerprint density at radius 1 is 1.22 bits per heavy atom. The van der Waals surface area contributed by atoms with E-state index in [-0.39, 0.29) is 11.9 Å². The van der Waals surface area contributed by atoms with Crippen LogP contribution in [0.2, 0.25) is 5.02 Å². The molecule has 2 fully saturated rings. The number of thioether (sulfide) groups is 1. The lowest BCUT2D eigenvalue weighted by Gasteiger charge is -2.28. The topological polar surface area (TPSA) is 52.4 Å². The van der Waals surface area contributed by atoms with Crippen molar-refractivity contribution in [1.82, 2.24) is 14.8 Å². The largest absolute Gasteiger partial charge is 0.378 e. The van der Waals surface area contributed by atoms with Crippen LogP contribution in [0.25, 0.3) is 0 Å². The van der Waals surface area contributed by atoms with Crippen molar-refractivity contribution >= 4 is 29.3 Å². The molecule has 0 spiro atoms. The first-order chi connectivity index (χ1) is 13.2. The Labute approximate surface area is 167 Å². The van der Waals surface area contributed by atoms with E-state index in [1.54, 1.807) is 17.8 Å². The molecule has 0 amide bonds. The highest BCUT2D eigenvalue weighted by Gasteiger charge is 2.25. The fraction of sp³-hybridized carbons (Fsp3) is 0.556. The maximum Gasteiger partial charge on any atom is 0.228 e. The summed E-state index contributed by atoms with van der Waals surface area (Å²) in [6, 6.07) is 4.49. The van der Waals surface area contributed by atoms with Gasteiger partial charge in [-0.3, -0.25) is 4.57 Å². The predicted molar refractivity (Wildman–Crippen MR) is 103 cm³/mol. The summed E-state index contributed by atoms with van der Waals surface area (Å²) >= 11 is 7.72. The van der Waals surface area contributed by atoms with Crippen molar-refractivity contribution in [3.05, 3.63) is 34.6 Å². The summed E-state index contributed by atoms with van der Waals surface area (Å²) in [6.45, 7) is 4.55. The number of rotatable bonds is 6. The van der Waals surface area contributed by atoms with Gasteiger partial charge in [0.25, 0.3) is 0 Å². The molecule has 1 atom stereocenters. The third-order valence-electron chi connectivity index (χ3n) is 4.77. The molecule has 2 aliphatic heterocycles. The molecule has 9 heteroatoms. The van der Waals surface area contributed by atoms with Crippen molar-refractivity contribution < 1.29 is 13.9 Å². The average Bonchev–Trinajstić information content (AvgIpc) is 3.32. The Kier molecular flexibility index (Phi) is 6.17. The van der Waals surface area contributed by atoms with Gasteiger partial charge in [0.15, 0.2) is 5.16 Å². The number of benzene rings is 1. The Bertz CT molecular complexity index is 779. The number of nitrogens with zero attached hydrogens (tertiary/aromatic N) is 4. The highest BCUT2D eigenvalue weighted by atomic mass is 35.5. The standard InChI is InChI=1S/C18H22ClFN4O2S/c19-16-10-14(20)4-3-13(16)12-27-18-22-21-17(23-5-8-25-9-6-23)24(18)11-15-2-1-7-26-15/h3-4,10,15H,1-2,5-9,11-12H2/t15-/m1/s1. The molecule has 0 aliphatic carbocycles. The maximum absolute atomic E-state index is 13.3. The Morgan fingerprint density at radius 3 is 2.81 bits per heavy atom. The van der Waals surface area contributed by atoms with Crippen LogP contribution in [0, 0.1) is 5.82 Å². The van der Waals surface area contributed by atoms with Crippen molar-refractivity contribution in [2.24, 2.45) is 0 Å². The quantitative estimate of drug-likeness (QED) is 0.678. The highest BCUT2D eigenvalue weighted by Crippen LogP contribution is 2.30. The summed E-state index contributed by atoms with van der Waals surface area (Å²) in [5, 5.41) is 10.1. The van der Waals surface area contributed by atoms with Crippen LogP contribution in [0.5, 0.6) is 0 Å². The number of anilines is 1. The van der Waals surface area contributed by atoms with E-state index in [1.165, 1.54) is 12.1 Å². The van der Waals surface area contributed by atoms with Gasteiger partial charge in [0.05, 0.1) is 25.9 Å². The lowest BCUT2D eigenvalue weighted by atomic mass is 10.2. The lowest BCUT2D eigenvalue weighted by molar-refractivity contribution is 0.0942. The van der Waals surface area contributed by atoms with E-state index >= 15 is 0 Å². The van der Waals surface area contributed by atoms with Crippen molar-refractivity contribution in [3.8, 4) is 0 Å². The molecule has 3 heterocycles. The molecular formula is C18H22ClFN4O2S. The van der Waals surface area contributed by atoms with Crippen LogP contribution in [-0.4, -0.2) is 53.8 Å². The molecule has 0 radical (unpaired) electrons. The van der Waals surface area contributed by atoms with Crippen LogP contribution in [-0.2, 0) is 21.8 Å². The van der Waals surface area contributed by atoms with E-state index in [1.807, 2.05) is 0 Å². The van der Waals surface area contributed by atoms with Crippen LogP contribution in [0.3, 0.4) is 0 Å². The number of halogens is 2. The molecule has 27 heavy (non-hydrogen) atoms. The minimum atomic E-state index is -0.329. The van der Waals surface area contributed by atoms with E-state index < -0.39 is 0 Å². The van der Waals surface area contributed by atoms with E-state index in [2.05, 4.69) is 19.7 Å². The molecule has 0 unspecified atom stereocenters. The Balaban J connectivity index is 1.53. The number of hydrogen-bond acceptors (Lipinski definition) is 6. The second kappa shape index (κ2) is 8.77. The summed E-state index contributed by atoms with van der Waals surface area (Å²) < 4.78 is 26.7. The van der Waals surface area contributed by atoms with Gasteiger partial charge in [-0.05, 0) is 30.5 Å². The number of hydrogen-bond donors (Lipinski definition) is 0. The molecule has 2 aromatic rings. The molecule has 1 aromatic carbocycles. The van der Waals surface area contributed by atoms with E-state index in [4.69, 9.17) is 21.1 Å². The first-order valence-electron chi connectivity index (χ1n) is 9.15. The van der Waals surface area contributed by atoms with Crippen molar-refractivity contribution in [2.75, 3.05) is 37.8 Å². The molecule has 0 saturated carbocycles. The van der Waals surface area contributed by atoms with E-state index in [0.29, 0.717) is 24.0 Å². The van der Waals surface area contributed by atoms with Gasteiger partial charge in [-0.2, -0.15) is 0 Å². The van der Waals surface area contributed by atoms with Gasteiger partial charge in [0, 0.05) is 30.5 Å². The zero-order valence-corrected chi connectivity index (χ0v) is 16.5. The lowest BCUT2D eigenvalue weighted by Crippen LogP contribution is -2.38. The van der Waals surface area contributed by atoms with Gasteiger partial charge >= 0.3 is 0 Å². The molecule has 0 bridgehead atoms. The van der Waals surface area contributed by atoms with E-state index in [9.17, 15) is 4.39 Å². The highest BCUT2D eigenvalue weighted by molar-refractivity contribution is 7.98.